The van der Waals surface area contributed by atoms with Crippen molar-refractivity contribution < 1.29 is 23.5 Å². The third-order valence-corrected chi connectivity index (χ3v) is 6.02. The number of rotatable bonds is 9. The van der Waals surface area contributed by atoms with Crippen molar-refractivity contribution in [2.24, 2.45) is 0 Å². The number of hydrogen-bond acceptors (Lipinski definition) is 6. The van der Waals surface area contributed by atoms with Crippen LogP contribution in [0.2, 0.25) is 0 Å². The number of fused-ring (bicyclic) bond motifs is 1. The maximum absolute atomic E-state index is 12.3. The molecule has 0 bridgehead atoms. The van der Waals surface area contributed by atoms with E-state index >= 15 is 0 Å². The van der Waals surface area contributed by atoms with Crippen LogP contribution in [0.1, 0.15) is 35.3 Å². The lowest BCUT2D eigenvalue weighted by molar-refractivity contribution is -0.136. The summed E-state index contributed by atoms with van der Waals surface area (Å²) in [5.41, 5.74) is 1.41. The zero-order valence-electron chi connectivity index (χ0n) is 20.7. The fraction of sp³-hybridized carbons (Fsp3) is 0.167. The van der Waals surface area contributed by atoms with Gasteiger partial charge in [-0.3, -0.25) is 4.79 Å². The number of amides is 1. The fourth-order valence-electron chi connectivity index (χ4n) is 3.87. The van der Waals surface area contributed by atoms with Crippen LogP contribution in [0.25, 0.3) is 11.0 Å². The van der Waals surface area contributed by atoms with Crippen molar-refractivity contribution in [1.29, 1.82) is 0 Å². The Balaban J connectivity index is 1.38. The highest BCUT2D eigenvalue weighted by atomic mass is 16.6. The molecular formula is C30H27NO6. The summed E-state index contributed by atoms with van der Waals surface area (Å²) in [6.07, 6.45) is 1.51. The zero-order valence-corrected chi connectivity index (χ0v) is 20.7. The summed E-state index contributed by atoms with van der Waals surface area (Å²) in [6.45, 7) is 7.75. The average molecular weight is 498 g/mol. The standard InChI is InChI=1S/C30H27NO6/c1-4-16-31-28(33)25-17-20-10-13-24(18-26(20)37-29(25)34)36-27(32)19-35-23-14-11-22(12-15-23)30(2,3)21-8-6-5-7-9-21/h4-15,17-18H,1,16,19H2,2-3H3,(H,31,33). The van der Waals surface area contributed by atoms with E-state index in [1.807, 2.05) is 42.5 Å². The molecule has 0 unspecified atom stereocenters. The fourth-order valence-corrected chi connectivity index (χ4v) is 3.87. The van der Waals surface area contributed by atoms with Gasteiger partial charge in [0, 0.05) is 23.4 Å². The number of carbonyl (C=O) groups excluding carboxylic acids is 2. The van der Waals surface area contributed by atoms with Crippen molar-refractivity contribution in [1.82, 2.24) is 5.32 Å². The van der Waals surface area contributed by atoms with Crippen molar-refractivity contribution in [3.8, 4) is 11.5 Å². The first-order valence-electron chi connectivity index (χ1n) is 11.7. The Bertz CT molecular complexity index is 1490. The summed E-state index contributed by atoms with van der Waals surface area (Å²) in [6, 6.07) is 23.8. The van der Waals surface area contributed by atoms with Gasteiger partial charge in [-0.15, -0.1) is 6.58 Å². The number of ether oxygens (including phenoxy) is 2. The lowest BCUT2D eigenvalue weighted by atomic mass is 9.78. The predicted octanol–water partition coefficient (Wildman–Crippen LogP) is 5.02. The van der Waals surface area contributed by atoms with E-state index in [0.717, 1.165) is 5.56 Å². The zero-order chi connectivity index (χ0) is 26.4. The third-order valence-electron chi connectivity index (χ3n) is 6.02. The van der Waals surface area contributed by atoms with Crippen LogP contribution in [-0.4, -0.2) is 25.0 Å². The largest absolute Gasteiger partial charge is 0.482 e. The molecule has 4 aromatic rings. The molecule has 1 N–H and O–H groups in total. The van der Waals surface area contributed by atoms with Crippen LogP contribution in [-0.2, 0) is 10.2 Å². The van der Waals surface area contributed by atoms with Crippen LogP contribution >= 0.6 is 0 Å². The molecule has 0 aliphatic heterocycles. The monoisotopic (exact) mass is 497 g/mol. The Morgan fingerprint density at radius 1 is 0.946 bits per heavy atom. The van der Waals surface area contributed by atoms with Crippen LogP contribution < -0.4 is 20.4 Å². The second-order valence-electron chi connectivity index (χ2n) is 8.92. The van der Waals surface area contributed by atoms with Gasteiger partial charge >= 0.3 is 11.6 Å². The summed E-state index contributed by atoms with van der Waals surface area (Å²) in [4.78, 5) is 36.7. The highest BCUT2D eigenvalue weighted by Crippen LogP contribution is 2.32. The molecule has 0 aliphatic carbocycles. The molecule has 37 heavy (non-hydrogen) atoms. The summed E-state index contributed by atoms with van der Waals surface area (Å²) >= 11 is 0. The normalized spacial score (nSPS) is 11.1. The summed E-state index contributed by atoms with van der Waals surface area (Å²) in [5, 5.41) is 3.05. The molecule has 0 aliphatic rings. The van der Waals surface area contributed by atoms with Crippen LogP contribution in [0, 0.1) is 0 Å². The molecule has 1 aromatic heterocycles. The van der Waals surface area contributed by atoms with E-state index < -0.39 is 17.5 Å². The molecule has 4 rings (SSSR count). The first kappa shape index (κ1) is 25.4. The SMILES string of the molecule is C=CCNC(=O)c1cc2ccc(OC(=O)COc3ccc(C(C)(C)c4ccccc4)cc3)cc2oc1=O. The van der Waals surface area contributed by atoms with Gasteiger partial charge in [0.05, 0.1) is 0 Å². The van der Waals surface area contributed by atoms with Crippen molar-refractivity contribution in [2.45, 2.75) is 19.3 Å². The molecule has 1 amide bonds. The molecule has 7 heteroatoms. The Hall–Kier alpha value is -4.65. The van der Waals surface area contributed by atoms with Gasteiger partial charge < -0.3 is 19.2 Å². The van der Waals surface area contributed by atoms with Gasteiger partial charge in [-0.25, -0.2) is 9.59 Å². The molecule has 7 nitrogen and oxygen atoms in total. The van der Waals surface area contributed by atoms with Gasteiger partial charge in [-0.2, -0.15) is 0 Å². The van der Waals surface area contributed by atoms with E-state index in [2.05, 4.69) is 37.9 Å². The van der Waals surface area contributed by atoms with Crippen molar-refractivity contribution in [3.63, 3.8) is 0 Å². The number of hydrogen-bond donors (Lipinski definition) is 1. The minimum Gasteiger partial charge on any atom is -0.482 e. The quantitative estimate of drug-likeness (QED) is 0.151. The maximum Gasteiger partial charge on any atom is 0.349 e. The highest BCUT2D eigenvalue weighted by Gasteiger charge is 2.22. The molecule has 0 atom stereocenters. The van der Waals surface area contributed by atoms with Crippen LogP contribution in [0.4, 0.5) is 0 Å². The molecule has 0 saturated carbocycles. The molecule has 3 aromatic carbocycles. The van der Waals surface area contributed by atoms with Gasteiger partial charge in [0.1, 0.15) is 22.6 Å². The Kier molecular flexibility index (Phi) is 7.53. The van der Waals surface area contributed by atoms with Gasteiger partial charge in [0.2, 0.25) is 0 Å². The van der Waals surface area contributed by atoms with Crippen molar-refractivity contribution in [3.05, 3.63) is 119 Å². The molecular weight excluding hydrogens is 470 g/mol. The Morgan fingerprint density at radius 2 is 1.62 bits per heavy atom. The number of carbonyl (C=O) groups is 2. The maximum atomic E-state index is 12.3. The molecule has 0 fully saturated rings. The number of benzene rings is 3. The molecule has 188 valence electrons. The van der Waals surface area contributed by atoms with Crippen LogP contribution in [0.5, 0.6) is 11.5 Å². The first-order chi connectivity index (χ1) is 17.8. The second kappa shape index (κ2) is 11.0. The van der Waals surface area contributed by atoms with E-state index in [4.69, 9.17) is 13.9 Å². The average Bonchev–Trinajstić information content (AvgIpc) is 2.91. The Morgan fingerprint density at radius 3 is 2.32 bits per heavy atom. The van der Waals surface area contributed by atoms with E-state index in [9.17, 15) is 14.4 Å². The topological polar surface area (TPSA) is 94.8 Å². The van der Waals surface area contributed by atoms with E-state index in [1.54, 1.807) is 12.1 Å². The molecule has 0 spiro atoms. The number of nitrogens with one attached hydrogen (secondary N) is 1. The van der Waals surface area contributed by atoms with E-state index in [0.29, 0.717) is 11.1 Å². The van der Waals surface area contributed by atoms with Crippen molar-refractivity contribution >= 4 is 22.8 Å². The molecule has 0 radical (unpaired) electrons. The van der Waals surface area contributed by atoms with E-state index in [-0.39, 0.29) is 35.5 Å². The lowest BCUT2D eigenvalue weighted by Crippen LogP contribution is -2.28. The Labute approximate surface area is 214 Å². The summed E-state index contributed by atoms with van der Waals surface area (Å²) in [5.74, 6) is -0.444. The molecule has 1 heterocycles. The molecule has 0 saturated heterocycles. The van der Waals surface area contributed by atoms with Crippen LogP contribution in [0.15, 0.2) is 101 Å². The van der Waals surface area contributed by atoms with Gasteiger partial charge in [-0.05, 0) is 41.5 Å². The number of esters is 1. The van der Waals surface area contributed by atoms with Crippen LogP contribution in [0.3, 0.4) is 0 Å². The summed E-state index contributed by atoms with van der Waals surface area (Å²) in [7, 11) is 0. The van der Waals surface area contributed by atoms with E-state index in [1.165, 1.54) is 23.8 Å². The lowest BCUT2D eigenvalue weighted by Gasteiger charge is -2.26. The second-order valence-corrected chi connectivity index (χ2v) is 8.92. The highest BCUT2D eigenvalue weighted by molar-refractivity contribution is 5.96. The van der Waals surface area contributed by atoms with Gasteiger partial charge in [0.15, 0.2) is 6.61 Å². The van der Waals surface area contributed by atoms with Crippen molar-refractivity contribution in [2.75, 3.05) is 13.2 Å². The predicted molar refractivity (Wildman–Crippen MR) is 141 cm³/mol. The first-order valence-corrected chi connectivity index (χ1v) is 11.7. The van der Waals surface area contributed by atoms with Gasteiger partial charge in [0.25, 0.3) is 5.91 Å². The minimum absolute atomic E-state index is 0.120. The summed E-state index contributed by atoms with van der Waals surface area (Å²) < 4.78 is 16.2. The smallest absolute Gasteiger partial charge is 0.349 e. The minimum atomic E-state index is -0.792. The van der Waals surface area contributed by atoms with Gasteiger partial charge in [-0.1, -0.05) is 62.4 Å². The third kappa shape index (κ3) is 5.95.